The lowest BCUT2D eigenvalue weighted by Gasteiger charge is -2.24. The Bertz CT molecular complexity index is 1100. The van der Waals surface area contributed by atoms with E-state index in [1.807, 2.05) is 6.92 Å². The van der Waals surface area contributed by atoms with Gasteiger partial charge in [0.1, 0.15) is 22.4 Å². The molecule has 1 atom stereocenters. The Kier molecular flexibility index (Phi) is 7.80. The van der Waals surface area contributed by atoms with Gasteiger partial charge in [0.15, 0.2) is 0 Å². The number of sulfonamides is 1. The number of amides is 2. The summed E-state index contributed by atoms with van der Waals surface area (Å²) in [6.45, 7) is 3.05. The summed E-state index contributed by atoms with van der Waals surface area (Å²) in [5.41, 5.74) is 0.669. The van der Waals surface area contributed by atoms with Crippen molar-refractivity contribution in [3.05, 3.63) is 48.0 Å². The van der Waals surface area contributed by atoms with Gasteiger partial charge in [-0.25, -0.2) is 8.42 Å². The van der Waals surface area contributed by atoms with Gasteiger partial charge in [0, 0.05) is 30.4 Å². The van der Waals surface area contributed by atoms with Crippen molar-refractivity contribution >= 4 is 27.5 Å². The van der Waals surface area contributed by atoms with Crippen LogP contribution in [0.5, 0.6) is 11.5 Å². The molecule has 1 fully saturated rings. The van der Waals surface area contributed by atoms with Gasteiger partial charge in [-0.3, -0.25) is 14.3 Å². The zero-order valence-electron chi connectivity index (χ0n) is 19.0. The molecule has 0 radical (unpaired) electrons. The zero-order chi connectivity index (χ0) is 24.0. The lowest BCUT2D eigenvalue weighted by atomic mass is 10.1. The van der Waals surface area contributed by atoms with E-state index in [0.29, 0.717) is 30.8 Å². The van der Waals surface area contributed by atoms with Crippen LogP contribution in [0.1, 0.15) is 36.5 Å². The normalized spacial score (nSPS) is 15.7. The number of nitrogens with one attached hydrogen (secondary N) is 2. The monoisotopic (exact) mass is 475 g/mol. The highest BCUT2D eigenvalue weighted by molar-refractivity contribution is 7.92. The molecule has 33 heavy (non-hydrogen) atoms. The largest absolute Gasteiger partial charge is 0.497 e. The molecule has 0 aromatic heterocycles. The van der Waals surface area contributed by atoms with Gasteiger partial charge >= 0.3 is 0 Å². The molecule has 0 aliphatic carbocycles. The molecule has 0 unspecified atom stereocenters. The van der Waals surface area contributed by atoms with Crippen LogP contribution in [0.2, 0.25) is 0 Å². The fourth-order valence-corrected chi connectivity index (χ4v) is 4.94. The maximum absolute atomic E-state index is 13.0. The van der Waals surface area contributed by atoms with Crippen molar-refractivity contribution in [2.75, 3.05) is 32.0 Å². The molecule has 1 aliphatic rings. The number of nitrogens with zero attached hydrogens (tertiary/aromatic N) is 1. The second-order valence-corrected chi connectivity index (χ2v) is 9.30. The Hall–Kier alpha value is -3.27. The molecule has 2 amide bonds. The zero-order valence-corrected chi connectivity index (χ0v) is 19.8. The van der Waals surface area contributed by atoms with Crippen LogP contribution in [0.3, 0.4) is 0 Å². The summed E-state index contributed by atoms with van der Waals surface area (Å²) >= 11 is 0. The van der Waals surface area contributed by atoms with Crippen LogP contribution >= 0.6 is 0 Å². The van der Waals surface area contributed by atoms with Crippen LogP contribution < -0.4 is 19.5 Å². The minimum atomic E-state index is -3.97. The van der Waals surface area contributed by atoms with Crippen LogP contribution in [0.4, 0.5) is 5.69 Å². The van der Waals surface area contributed by atoms with Crippen molar-refractivity contribution < 1.29 is 27.5 Å². The first-order valence-electron chi connectivity index (χ1n) is 10.7. The van der Waals surface area contributed by atoms with Gasteiger partial charge in [-0.1, -0.05) is 6.92 Å². The summed E-state index contributed by atoms with van der Waals surface area (Å²) in [6.07, 6.45) is 2.21. The number of anilines is 1. The van der Waals surface area contributed by atoms with E-state index >= 15 is 0 Å². The van der Waals surface area contributed by atoms with E-state index in [4.69, 9.17) is 9.47 Å². The first kappa shape index (κ1) is 24.4. The molecule has 0 bridgehead atoms. The van der Waals surface area contributed by atoms with Gasteiger partial charge < -0.3 is 19.7 Å². The fourth-order valence-electron chi connectivity index (χ4n) is 3.70. The Morgan fingerprint density at radius 2 is 1.82 bits per heavy atom. The lowest BCUT2D eigenvalue weighted by Crippen LogP contribution is -2.46. The standard InChI is InChI=1S/C23H29N3O6S/c1-4-13-24-22(27)19-6-5-14-26(19)23(28)16-7-9-17(10-8-16)25-33(29,30)21-15-18(31-2)11-12-20(21)32-3/h7-12,15,19,25H,4-6,13-14H2,1-3H3,(H,24,27)/t19-/m0/s1. The highest BCUT2D eigenvalue weighted by Gasteiger charge is 2.34. The molecule has 3 rings (SSSR count). The predicted molar refractivity (Wildman–Crippen MR) is 124 cm³/mol. The molecule has 2 aromatic rings. The number of hydrogen-bond acceptors (Lipinski definition) is 6. The summed E-state index contributed by atoms with van der Waals surface area (Å²) in [5, 5.41) is 2.85. The van der Waals surface area contributed by atoms with Gasteiger partial charge in [0.05, 0.1) is 14.2 Å². The van der Waals surface area contributed by atoms with Crippen molar-refractivity contribution in [1.29, 1.82) is 0 Å². The topological polar surface area (TPSA) is 114 Å². The molecule has 1 heterocycles. The molecule has 9 nitrogen and oxygen atoms in total. The third-order valence-electron chi connectivity index (χ3n) is 5.41. The Balaban J connectivity index is 1.75. The fraction of sp³-hybridized carbons (Fsp3) is 0.391. The molecule has 178 valence electrons. The molecule has 10 heteroatoms. The number of rotatable bonds is 9. The van der Waals surface area contributed by atoms with E-state index in [2.05, 4.69) is 10.0 Å². The van der Waals surface area contributed by atoms with E-state index < -0.39 is 16.1 Å². The summed E-state index contributed by atoms with van der Waals surface area (Å²) in [5.74, 6) is 0.157. The third kappa shape index (κ3) is 5.57. The number of hydrogen-bond donors (Lipinski definition) is 2. The van der Waals surface area contributed by atoms with Gasteiger partial charge in [-0.2, -0.15) is 0 Å². The number of carbonyl (C=O) groups is 2. The van der Waals surface area contributed by atoms with Gasteiger partial charge in [-0.05, 0) is 55.7 Å². The average Bonchev–Trinajstić information content (AvgIpc) is 3.32. The lowest BCUT2D eigenvalue weighted by molar-refractivity contribution is -0.124. The first-order valence-corrected chi connectivity index (χ1v) is 12.2. The number of likely N-dealkylation sites (tertiary alicyclic amines) is 1. The summed E-state index contributed by atoms with van der Waals surface area (Å²) in [7, 11) is -1.14. The second-order valence-electron chi connectivity index (χ2n) is 7.65. The molecule has 2 aromatic carbocycles. The molecule has 1 saturated heterocycles. The second kappa shape index (κ2) is 10.6. The van der Waals surface area contributed by atoms with E-state index in [0.717, 1.165) is 12.8 Å². The Morgan fingerprint density at radius 1 is 1.09 bits per heavy atom. The van der Waals surface area contributed by atoms with Crippen LogP contribution in [0.25, 0.3) is 0 Å². The van der Waals surface area contributed by atoms with Crippen LogP contribution in [-0.2, 0) is 14.8 Å². The van der Waals surface area contributed by atoms with Crippen molar-refractivity contribution in [1.82, 2.24) is 10.2 Å². The maximum atomic E-state index is 13.0. The van der Waals surface area contributed by atoms with E-state index in [1.54, 1.807) is 23.1 Å². The maximum Gasteiger partial charge on any atom is 0.265 e. The minimum absolute atomic E-state index is 0.0671. The SMILES string of the molecule is CCCNC(=O)[C@@H]1CCCN1C(=O)c1ccc(NS(=O)(=O)c2cc(OC)ccc2OC)cc1. The molecular formula is C23H29N3O6S. The van der Waals surface area contributed by atoms with Crippen molar-refractivity contribution in [3.63, 3.8) is 0 Å². The van der Waals surface area contributed by atoms with Crippen molar-refractivity contribution in [3.8, 4) is 11.5 Å². The van der Waals surface area contributed by atoms with Gasteiger partial charge in [-0.15, -0.1) is 0 Å². The number of methoxy groups -OCH3 is 2. The van der Waals surface area contributed by atoms with Crippen LogP contribution in [-0.4, -0.2) is 58.5 Å². The van der Waals surface area contributed by atoms with Crippen molar-refractivity contribution in [2.24, 2.45) is 0 Å². The molecule has 0 spiro atoms. The van der Waals surface area contributed by atoms with E-state index in [1.165, 1.54) is 38.5 Å². The summed E-state index contributed by atoms with van der Waals surface area (Å²) in [4.78, 5) is 26.9. The molecule has 1 aliphatic heterocycles. The van der Waals surface area contributed by atoms with Gasteiger partial charge in [0.2, 0.25) is 5.91 Å². The molecule has 0 saturated carbocycles. The predicted octanol–water partition coefficient (Wildman–Crippen LogP) is 2.64. The van der Waals surface area contributed by atoms with Crippen LogP contribution in [0, 0.1) is 0 Å². The number of benzene rings is 2. The Labute approximate surface area is 194 Å². The van der Waals surface area contributed by atoms with Crippen molar-refractivity contribution in [2.45, 2.75) is 37.1 Å². The van der Waals surface area contributed by atoms with E-state index in [9.17, 15) is 18.0 Å². The summed E-state index contributed by atoms with van der Waals surface area (Å²) in [6, 6.07) is 10.1. The summed E-state index contributed by atoms with van der Waals surface area (Å²) < 4.78 is 38.6. The minimum Gasteiger partial charge on any atom is -0.497 e. The molecule has 2 N–H and O–H groups in total. The number of ether oxygens (including phenoxy) is 2. The number of carbonyl (C=O) groups excluding carboxylic acids is 2. The first-order chi connectivity index (χ1) is 15.8. The van der Waals surface area contributed by atoms with Crippen LogP contribution in [0.15, 0.2) is 47.4 Å². The highest BCUT2D eigenvalue weighted by Crippen LogP contribution is 2.30. The third-order valence-corrected chi connectivity index (χ3v) is 6.81. The highest BCUT2D eigenvalue weighted by atomic mass is 32.2. The Morgan fingerprint density at radius 3 is 2.45 bits per heavy atom. The quantitative estimate of drug-likeness (QED) is 0.576. The average molecular weight is 476 g/mol. The van der Waals surface area contributed by atoms with E-state index in [-0.39, 0.29) is 28.1 Å². The van der Waals surface area contributed by atoms with Gasteiger partial charge in [0.25, 0.3) is 15.9 Å². The smallest absolute Gasteiger partial charge is 0.265 e. The molecular weight excluding hydrogens is 446 g/mol.